The average Bonchev–Trinajstić information content (AvgIpc) is 2.43. The van der Waals surface area contributed by atoms with Crippen molar-refractivity contribution in [3.63, 3.8) is 0 Å². The SMILES string of the molecule is CCCN(Cc1c(F)cccc1F)C1CCCNC1. The van der Waals surface area contributed by atoms with Gasteiger partial charge in [-0.15, -0.1) is 0 Å². The first-order chi connectivity index (χ1) is 9.22. The first-order valence-corrected chi connectivity index (χ1v) is 7.10. The van der Waals surface area contributed by atoms with E-state index >= 15 is 0 Å². The van der Waals surface area contributed by atoms with E-state index in [0.717, 1.165) is 38.9 Å². The minimum Gasteiger partial charge on any atom is -0.315 e. The molecule has 19 heavy (non-hydrogen) atoms. The van der Waals surface area contributed by atoms with E-state index in [2.05, 4.69) is 17.1 Å². The molecule has 1 heterocycles. The molecule has 2 rings (SSSR count). The van der Waals surface area contributed by atoms with Crippen LogP contribution in [0, 0.1) is 11.6 Å². The first-order valence-electron chi connectivity index (χ1n) is 7.10. The standard InChI is InChI=1S/C15H22F2N2/c1-2-9-19(12-5-4-8-18-10-12)11-13-14(16)6-3-7-15(13)17/h3,6-7,12,18H,2,4-5,8-11H2,1H3. The molecule has 2 nitrogen and oxygen atoms in total. The highest BCUT2D eigenvalue weighted by Gasteiger charge is 2.22. The van der Waals surface area contributed by atoms with Gasteiger partial charge < -0.3 is 5.32 Å². The van der Waals surface area contributed by atoms with Crippen LogP contribution in [0.25, 0.3) is 0 Å². The second kappa shape index (κ2) is 6.96. The van der Waals surface area contributed by atoms with Crippen LogP contribution in [0.2, 0.25) is 0 Å². The van der Waals surface area contributed by atoms with Gasteiger partial charge in [-0.2, -0.15) is 0 Å². The third-order valence-electron chi connectivity index (χ3n) is 3.72. The van der Waals surface area contributed by atoms with Crippen LogP contribution in [0.4, 0.5) is 8.78 Å². The maximum absolute atomic E-state index is 13.7. The summed E-state index contributed by atoms with van der Waals surface area (Å²) in [5, 5.41) is 3.36. The quantitative estimate of drug-likeness (QED) is 0.883. The minimum atomic E-state index is -0.440. The predicted octanol–water partition coefficient (Wildman–Crippen LogP) is 2.93. The lowest BCUT2D eigenvalue weighted by Crippen LogP contribution is -2.46. The number of hydrogen-bond donors (Lipinski definition) is 1. The van der Waals surface area contributed by atoms with Crippen molar-refractivity contribution >= 4 is 0 Å². The number of nitrogens with zero attached hydrogens (tertiary/aromatic N) is 1. The summed E-state index contributed by atoms with van der Waals surface area (Å²) in [6, 6.07) is 4.47. The van der Waals surface area contributed by atoms with E-state index in [9.17, 15) is 8.78 Å². The van der Waals surface area contributed by atoms with Crippen molar-refractivity contribution in [2.75, 3.05) is 19.6 Å². The molecule has 0 aromatic heterocycles. The van der Waals surface area contributed by atoms with E-state index in [1.165, 1.54) is 18.2 Å². The van der Waals surface area contributed by atoms with E-state index < -0.39 is 11.6 Å². The lowest BCUT2D eigenvalue weighted by atomic mass is 10.0. The number of rotatable bonds is 5. The minimum absolute atomic E-state index is 0.196. The van der Waals surface area contributed by atoms with Gasteiger partial charge in [-0.3, -0.25) is 4.90 Å². The Kier molecular flexibility index (Phi) is 5.28. The molecule has 0 amide bonds. The average molecular weight is 268 g/mol. The Hall–Kier alpha value is -1.00. The van der Waals surface area contributed by atoms with Gasteiger partial charge in [-0.05, 0) is 44.5 Å². The fourth-order valence-corrected chi connectivity index (χ4v) is 2.71. The van der Waals surface area contributed by atoms with E-state index in [0.29, 0.717) is 12.6 Å². The van der Waals surface area contributed by atoms with Gasteiger partial charge in [-0.1, -0.05) is 13.0 Å². The summed E-state index contributed by atoms with van der Waals surface area (Å²) in [5.74, 6) is -0.880. The molecule has 0 aliphatic carbocycles. The number of benzene rings is 1. The smallest absolute Gasteiger partial charge is 0.130 e. The monoisotopic (exact) mass is 268 g/mol. The van der Waals surface area contributed by atoms with Gasteiger partial charge in [-0.25, -0.2) is 8.78 Å². The Labute approximate surface area is 113 Å². The van der Waals surface area contributed by atoms with Crippen molar-refractivity contribution in [2.45, 2.75) is 38.8 Å². The van der Waals surface area contributed by atoms with Crippen molar-refractivity contribution in [1.29, 1.82) is 0 Å². The number of hydrogen-bond acceptors (Lipinski definition) is 2. The molecular formula is C15H22F2N2. The normalized spacial score (nSPS) is 19.9. The number of halogens is 2. The maximum Gasteiger partial charge on any atom is 0.130 e. The highest BCUT2D eigenvalue weighted by Crippen LogP contribution is 2.19. The largest absolute Gasteiger partial charge is 0.315 e. The molecule has 1 fully saturated rings. The summed E-state index contributed by atoms with van der Waals surface area (Å²) in [6.07, 6.45) is 3.22. The molecule has 1 aromatic carbocycles. The Balaban J connectivity index is 2.11. The second-order valence-corrected chi connectivity index (χ2v) is 5.17. The van der Waals surface area contributed by atoms with Gasteiger partial charge in [0, 0.05) is 24.7 Å². The lowest BCUT2D eigenvalue weighted by molar-refractivity contribution is 0.154. The zero-order chi connectivity index (χ0) is 13.7. The molecule has 0 bridgehead atoms. The number of nitrogens with one attached hydrogen (secondary N) is 1. The Bertz CT molecular complexity index is 383. The van der Waals surface area contributed by atoms with Gasteiger partial charge in [0.1, 0.15) is 11.6 Å². The molecule has 1 N–H and O–H groups in total. The van der Waals surface area contributed by atoms with E-state index in [1.54, 1.807) is 0 Å². The van der Waals surface area contributed by atoms with Crippen molar-refractivity contribution in [1.82, 2.24) is 10.2 Å². The van der Waals surface area contributed by atoms with Gasteiger partial charge in [0.15, 0.2) is 0 Å². The molecule has 1 aliphatic rings. The lowest BCUT2D eigenvalue weighted by Gasteiger charge is -2.34. The Morgan fingerprint density at radius 1 is 1.32 bits per heavy atom. The molecule has 0 spiro atoms. The molecule has 1 aliphatic heterocycles. The van der Waals surface area contributed by atoms with E-state index in [1.807, 2.05) is 0 Å². The molecule has 1 unspecified atom stereocenters. The number of piperidine rings is 1. The molecular weight excluding hydrogens is 246 g/mol. The summed E-state index contributed by atoms with van der Waals surface area (Å²) < 4.78 is 27.5. The Morgan fingerprint density at radius 3 is 2.63 bits per heavy atom. The molecule has 1 aromatic rings. The topological polar surface area (TPSA) is 15.3 Å². The van der Waals surface area contributed by atoms with Crippen LogP contribution in [0.15, 0.2) is 18.2 Å². The van der Waals surface area contributed by atoms with Gasteiger partial charge in [0.25, 0.3) is 0 Å². The molecule has 0 radical (unpaired) electrons. The van der Waals surface area contributed by atoms with Gasteiger partial charge in [0.2, 0.25) is 0 Å². The Morgan fingerprint density at radius 2 is 2.05 bits per heavy atom. The second-order valence-electron chi connectivity index (χ2n) is 5.17. The van der Waals surface area contributed by atoms with Crippen molar-refractivity contribution in [3.05, 3.63) is 35.4 Å². The highest BCUT2D eigenvalue weighted by molar-refractivity contribution is 5.19. The third-order valence-corrected chi connectivity index (χ3v) is 3.72. The summed E-state index contributed by atoms with van der Waals surface area (Å²) in [7, 11) is 0. The predicted molar refractivity (Wildman–Crippen MR) is 73.0 cm³/mol. The van der Waals surface area contributed by atoms with Crippen LogP contribution in [0.1, 0.15) is 31.7 Å². The van der Waals surface area contributed by atoms with E-state index in [-0.39, 0.29) is 5.56 Å². The van der Waals surface area contributed by atoms with Crippen molar-refractivity contribution < 1.29 is 8.78 Å². The summed E-state index contributed by atoms with van der Waals surface area (Å²) >= 11 is 0. The van der Waals surface area contributed by atoms with Crippen LogP contribution in [-0.2, 0) is 6.54 Å². The van der Waals surface area contributed by atoms with Crippen LogP contribution >= 0.6 is 0 Å². The van der Waals surface area contributed by atoms with Crippen LogP contribution in [-0.4, -0.2) is 30.6 Å². The maximum atomic E-state index is 13.7. The summed E-state index contributed by atoms with van der Waals surface area (Å²) in [4.78, 5) is 2.20. The van der Waals surface area contributed by atoms with Crippen molar-refractivity contribution in [2.24, 2.45) is 0 Å². The highest BCUT2D eigenvalue weighted by atomic mass is 19.1. The molecule has 1 saturated heterocycles. The third kappa shape index (κ3) is 3.74. The van der Waals surface area contributed by atoms with Crippen LogP contribution in [0.5, 0.6) is 0 Å². The van der Waals surface area contributed by atoms with Crippen molar-refractivity contribution in [3.8, 4) is 0 Å². The molecule has 0 saturated carbocycles. The fourth-order valence-electron chi connectivity index (χ4n) is 2.71. The zero-order valence-corrected chi connectivity index (χ0v) is 11.5. The molecule has 106 valence electrons. The summed E-state index contributed by atoms with van der Waals surface area (Å²) in [5.41, 5.74) is 0.196. The molecule has 4 heteroatoms. The van der Waals surface area contributed by atoms with E-state index in [4.69, 9.17) is 0 Å². The molecule has 1 atom stereocenters. The van der Waals surface area contributed by atoms with Crippen LogP contribution in [0.3, 0.4) is 0 Å². The summed E-state index contributed by atoms with van der Waals surface area (Å²) in [6.45, 7) is 5.29. The van der Waals surface area contributed by atoms with Gasteiger partial charge in [0.05, 0.1) is 0 Å². The fraction of sp³-hybridized carbons (Fsp3) is 0.600. The van der Waals surface area contributed by atoms with Gasteiger partial charge >= 0.3 is 0 Å². The first kappa shape index (κ1) is 14.4. The zero-order valence-electron chi connectivity index (χ0n) is 11.5. The van der Waals surface area contributed by atoms with Crippen LogP contribution < -0.4 is 5.32 Å².